The van der Waals surface area contributed by atoms with Crippen LogP contribution in [0.5, 0.6) is 5.75 Å². The minimum absolute atomic E-state index is 0.0576. The van der Waals surface area contributed by atoms with Gasteiger partial charge in [-0.2, -0.15) is 0 Å². The zero-order valence-corrected chi connectivity index (χ0v) is 16.2. The summed E-state index contributed by atoms with van der Waals surface area (Å²) < 4.78 is 7.07. The van der Waals surface area contributed by atoms with Crippen LogP contribution < -0.4 is 15.6 Å². The molecule has 1 aliphatic heterocycles. The lowest BCUT2D eigenvalue weighted by Crippen LogP contribution is -2.33. The molecule has 2 heterocycles. The fourth-order valence-electron chi connectivity index (χ4n) is 3.79. The monoisotopic (exact) mass is 385 g/mol. The summed E-state index contributed by atoms with van der Waals surface area (Å²) in [6.07, 6.45) is 4.13. The quantitative estimate of drug-likeness (QED) is 0.801. The predicted octanol–water partition coefficient (Wildman–Crippen LogP) is 2.48. The average molecular weight is 385 g/mol. The summed E-state index contributed by atoms with van der Waals surface area (Å²) in [5.74, 6) is 1.41. The summed E-state index contributed by atoms with van der Waals surface area (Å²) in [6, 6.07) is 7.49. The maximum Gasteiger partial charge on any atom is 0.257 e. The van der Waals surface area contributed by atoms with E-state index < -0.39 is 0 Å². The lowest BCUT2D eigenvalue weighted by Gasteiger charge is -2.19. The maximum atomic E-state index is 12.9. The summed E-state index contributed by atoms with van der Waals surface area (Å²) in [6.45, 7) is 0.410. The highest BCUT2D eigenvalue weighted by Gasteiger charge is 2.30. The minimum atomic E-state index is -0.130. The van der Waals surface area contributed by atoms with Crippen LogP contribution in [-0.2, 0) is 24.2 Å². The van der Waals surface area contributed by atoms with Gasteiger partial charge in [0.15, 0.2) is 5.16 Å². The summed E-state index contributed by atoms with van der Waals surface area (Å²) >= 11 is 1.58. The predicted molar refractivity (Wildman–Crippen MR) is 104 cm³/mol. The number of nitrogens with zero attached hydrogens (tertiary/aromatic N) is 2. The first kappa shape index (κ1) is 18.1. The molecule has 6 nitrogen and oxygen atoms in total. The van der Waals surface area contributed by atoms with Gasteiger partial charge in [0.1, 0.15) is 5.75 Å². The topological polar surface area (TPSA) is 73.2 Å². The number of amides is 1. The van der Waals surface area contributed by atoms with E-state index in [1.807, 2.05) is 24.3 Å². The standard InChI is InChI=1S/C20H23N3O3S/c1-26-17-9-5-2-6-13(17)11-21-18(24)10-14-12-27-20-22-16-8-4-3-7-15(16)19(25)23(14)20/h2,5-6,9,14H,3-4,7-8,10-12H2,1H3,(H,21,24). The molecule has 1 amide bonds. The van der Waals surface area contributed by atoms with Crippen molar-refractivity contribution in [2.24, 2.45) is 0 Å². The Morgan fingerprint density at radius 2 is 2.15 bits per heavy atom. The van der Waals surface area contributed by atoms with Crippen molar-refractivity contribution < 1.29 is 9.53 Å². The lowest BCUT2D eigenvalue weighted by molar-refractivity contribution is -0.121. The Morgan fingerprint density at radius 3 is 3.00 bits per heavy atom. The van der Waals surface area contributed by atoms with E-state index in [1.54, 1.807) is 23.4 Å². The fourth-order valence-corrected chi connectivity index (χ4v) is 4.95. The summed E-state index contributed by atoms with van der Waals surface area (Å²) in [4.78, 5) is 30.1. The van der Waals surface area contributed by atoms with E-state index in [0.717, 1.165) is 53.4 Å². The molecule has 2 aliphatic rings. The van der Waals surface area contributed by atoms with Gasteiger partial charge in [-0.05, 0) is 31.7 Å². The molecule has 1 aromatic heterocycles. The second-order valence-electron chi connectivity index (χ2n) is 6.96. The molecule has 0 saturated carbocycles. The number of methoxy groups -OCH3 is 1. The zero-order valence-electron chi connectivity index (χ0n) is 15.4. The SMILES string of the molecule is COc1ccccc1CNC(=O)CC1CSc2nc3c(c(=O)n21)CCCC3. The van der Waals surface area contributed by atoms with Gasteiger partial charge < -0.3 is 10.1 Å². The number of aromatic nitrogens is 2. The number of thioether (sulfide) groups is 1. The van der Waals surface area contributed by atoms with E-state index in [0.29, 0.717) is 12.3 Å². The second kappa shape index (κ2) is 7.76. The number of hydrogen-bond acceptors (Lipinski definition) is 5. The Kier molecular flexibility index (Phi) is 5.20. The van der Waals surface area contributed by atoms with Gasteiger partial charge in [-0.15, -0.1) is 0 Å². The number of hydrogen-bond donors (Lipinski definition) is 1. The van der Waals surface area contributed by atoms with Gasteiger partial charge in [-0.3, -0.25) is 14.2 Å². The van der Waals surface area contributed by atoms with Gasteiger partial charge in [-0.1, -0.05) is 30.0 Å². The van der Waals surface area contributed by atoms with Gasteiger partial charge in [0.05, 0.1) is 18.8 Å². The van der Waals surface area contributed by atoms with Crippen molar-refractivity contribution in [1.82, 2.24) is 14.9 Å². The van der Waals surface area contributed by atoms with Crippen LogP contribution in [0.15, 0.2) is 34.2 Å². The maximum absolute atomic E-state index is 12.9. The number of aryl methyl sites for hydroxylation is 1. The Labute approximate surface area is 162 Å². The number of nitrogens with one attached hydrogen (secondary N) is 1. The molecule has 0 fully saturated rings. The van der Waals surface area contributed by atoms with Crippen LogP contribution >= 0.6 is 11.8 Å². The smallest absolute Gasteiger partial charge is 0.257 e. The van der Waals surface area contributed by atoms with Crippen molar-refractivity contribution in [2.45, 2.75) is 49.8 Å². The van der Waals surface area contributed by atoms with Crippen LogP contribution in [0, 0.1) is 0 Å². The van der Waals surface area contributed by atoms with Crippen LogP contribution in [0.1, 0.15) is 42.1 Å². The molecule has 1 atom stereocenters. The minimum Gasteiger partial charge on any atom is -0.496 e. The Balaban J connectivity index is 1.46. The number of carbonyl (C=O) groups is 1. The van der Waals surface area contributed by atoms with Crippen molar-refractivity contribution in [1.29, 1.82) is 0 Å². The Hall–Kier alpha value is -2.28. The van der Waals surface area contributed by atoms with Crippen molar-refractivity contribution in [3.63, 3.8) is 0 Å². The van der Waals surface area contributed by atoms with Crippen molar-refractivity contribution in [3.8, 4) is 5.75 Å². The van der Waals surface area contributed by atoms with Crippen LogP contribution in [0.3, 0.4) is 0 Å². The van der Waals surface area contributed by atoms with Gasteiger partial charge in [0, 0.05) is 29.8 Å². The molecule has 4 rings (SSSR count). The summed E-state index contributed by atoms with van der Waals surface area (Å²) in [7, 11) is 1.62. The van der Waals surface area contributed by atoms with E-state index in [1.165, 1.54) is 0 Å². The summed E-state index contributed by atoms with van der Waals surface area (Å²) in [5, 5.41) is 3.72. The third kappa shape index (κ3) is 3.60. The highest BCUT2D eigenvalue weighted by Crippen LogP contribution is 2.33. The largest absolute Gasteiger partial charge is 0.496 e. The molecular weight excluding hydrogens is 362 g/mol. The lowest BCUT2D eigenvalue weighted by atomic mass is 9.97. The molecular formula is C20H23N3O3S. The first-order valence-corrected chi connectivity index (χ1v) is 10.3. The fraction of sp³-hybridized carbons (Fsp3) is 0.450. The Bertz CT molecular complexity index is 925. The van der Waals surface area contributed by atoms with Gasteiger partial charge >= 0.3 is 0 Å². The van der Waals surface area contributed by atoms with Crippen molar-refractivity contribution >= 4 is 17.7 Å². The van der Waals surface area contributed by atoms with Crippen LogP contribution in [0.4, 0.5) is 0 Å². The molecule has 0 saturated heterocycles. The number of carbonyl (C=O) groups excluding carboxylic acids is 1. The van der Waals surface area contributed by atoms with Crippen LogP contribution in [0.25, 0.3) is 0 Å². The Morgan fingerprint density at radius 1 is 1.33 bits per heavy atom. The van der Waals surface area contributed by atoms with Crippen LogP contribution in [-0.4, -0.2) is 28.3 Å². The van der Waals surface area contributed by atoms with Gasteiger partial charge in [0.2, 0.25) is 5.91 Å². The molecule has 1 aromatic carbocycles. The van der Waals surface area contributed by atoms with Crippen molar-refractivity contribution in [3.05, 3.63) is 51.4 Å². The normalized spacial score (nSPS) is 17.9. The molecule has 0 spiro atoms. The summed E-state index contributed by atoms with van der Waals surface area (Å²) in [5.41, 5.74) is 2.81. The number of para-hydroxylation sites is 1. The number of rotatable bonds is 5. The highest BCUT2D eigenvalue weighted by molar-refractivity contribution is 7.99. The molecule has 1 N–H and O–H groups in total. The molecule has 0 bridgehead atoms. The molecule has 7 heteroatoms. The zero-order chi connectivity index (χ0) is 18.8. The highest BCUT2D eigenvalue weighted by atomic mass is 32.2. The molecule has 27 heavy (non-hydrogen) atoms. The van der Waals surface area contributed by atoms with E-state index in [2.05, 4.69) is 5.32 Å². The molecule has 1 aliphatic carbocycles. The number of benzene rings is 1. The average Bonchev–Trinajstić information content (AvgIpc) is 3.09. The second-order valence-corrected chi connectivity index (χ2v) is 7.95. The van der Waals surface area contributed by atoms with Crippen LogP contribution in [0.2, 0.25) is 0 Å². The number of fused-ring (bicyclic) bond motifs is 2. The molecule has 0 radical (unpaired) electrons. The van der Waals surface area contributed by atoms with E-state index in [9.17, 15) is 9.59 Å². The van der Waals surface area contributed by atoms with Gasteiger partial charge in [-0.25, -0.2) is 4.98 Å². The van der Waals surface area contributed by atoms with Gasteiger partial charge in [0.25, 0.3) is 5.56 Å². The first-order valence-electron chi connectivity index (χ1n) is 9.33. The third-order valence-electron chi connectivity index (χ3n) is 5.21. The molecule has 142 valence electrons. The third-order valence-corrected chi connectivity index (χ3v) is 6.31. The first-order chi connectivity index (χ1) is 13.2. The van der Waals surface area contributed by atoms with E-state index in [-0.39, 0.29) is 23.9 Å². The number of ether oxygens (including phenoxy) is 1. The molecule has 1 unspecified atom stereocenters. The molecule has 2 aromatic rings. The van der Waals surface area contributed by atoms with Crippen molar-refractivity contribution in [2.75, 3.05) is 12.9 Å². The van der Waals surface area contributed by atoms with E-state index in [4.69, 9.17) is 9.72 Å². The van der Waals surface area contributed by atoms with E-state index >= 15 is 0 Å².